The first-order chi connectivity index (χ1) is 9.65. The standard InChI is InChI=1S/C15H26N2O3/c18-14(19)11-17(10-13-7-8-13)15(20)16-9-3-6-12-4-1-2-5-12/h12-13H,1-11H2,(H,16,20)(H,18,19). The van der Waals surface area contributed by atoms with Crippen molar-refractivity contribution < 1.29 is 14.7 Å². The van der Waals surface area contributed by atoms with Gasteiger partial charge < -0.3 is 15.3 Å². The molecule has 114 valence electrons. The maximum Gasteiger partial charge on any atom is 0.323 e. The largest absolute Gasteiger partial charge is 0.480 e. The van der Waals surface area contributed by atoms with Crippen LogP contribution in [0.25, 0.3) is 0 Å². The lowest BCUT2D eigenvalue weighted by Crippen LogP contribution is -2.44. The van der Waals surface area contributed by atoms with Crippen LogP contribution in [0.15, 0.2) is 0 Å². The molecule has 2 rings (SSSR count). The van der Waals surface area contributed by atoms with Crippen molar-refractivity contribution in [3.63, 3.8) is 0 Å². The number of hydrogen-bond acceptors (Lipinski definition) is 2. The molecular weight excluding hydrogens is 256 g/mol. The molecule has 0 spiro atoms. The van der Waals surface area contributed by atoms with E-state index in [4.69, 9.17) is 5.11 Å². The van der Waals surface area contributed by atoms with E-state index in [1.165, 1.54) is 37.0 Å². The summed E-state index contributed by atoms with van der Waals surface area (Å²) in [6.07, 6.45) is 9.79. The minimum absolute atomic E-state index is 0.190. The number of hydrogen-bond donors (Lipinski definition) is 2. The van der Waals surface area contributed by atoms with Gasteiger partial charge in [0.05, 0.1) is 0 Å². The van der Waals surface area contributed by atoms with Crippen LogP contribution in [-0.2, 0) is 4.79 Å². The average molecular weight is 282 g/mol. The third-order valence-electron chi connectivity index (χ3n) is 4.33. The van der Waals surface area contributed by atoms with Crippen molar-refractivity contribution in [3.05, 3.63) is 0 Å². The predicted molar refractivity (Wildman–Crippen MR) is 76.5 cm³/mol. The third-order valence-corrected chi connectivity index (χ3v) is 4.33. The predicted octanol–water partition coefficient (Wildman–Crippen LogP) is 2.46. The number of nitrogens with zero attached hydrogens (tertiary/aromatic N) is 1. The summed E-state index contributed by atoms with van der Waals surface area (Å²) >= 11 is 0. The van der Waals surface area contributed by atoms with Crippen molar-refractivity contribution in [3.8, 4) is 0 Å². The van der Waals surface area contributed by atoms with Gasteiger partial charge in [0.25, 0.3) is 0 Å². The highest BCUT2D eigenvalue weighted by Gasteiger charge is 2.27. The van der Waals surface area contributed by atoms with Crippen molar-refractivity contribution in [1.29, 1.82) is 0 Å². The fourth-order valence-electron chi connectivity index (χ4n) is 2.99. The number of aliphatic carboxylic acids is 1. The Morgan fingerprint density at radius 3 is 2.40 bits per heavy atom. The molecule has 0 radical (unpaired) electrons. The number of carboxylic acid groups (broad SMARTS) is 1. The fourth-order valence-corrected chi connectivity index (χ4v) is 2.99. The Hall–Kier alpha value is -1.26. The lowest BCUT2D eigenvalue weighted by Gasteiger charge is -2.21. The second kappa shape index (κ2) is 7.50. The molecule has 0 aliphatic heterocycles. The van der Waals surface area contributed by atoms with Crippen LogP contribution < -0.4 is 5.32 Å². The number of urea groups is 1. The van der Waals surface area contributed by atoms with Crippen LogP contribution in [0.3, 0.4) is 0 Å². The van der Waals surface area contributed by atoms with Gasteiger partial charge in [-0.15, -0.1) is 0 Å². The highest BCUT2D eigenvalue weighted by Crippen LogP contribution is 2.30. The molecule has 0 atom stereocenters. The normalized spacial score (nSPS) is 19.0. The summed E-state index contributed by atoms with van der Waals surface area (Å²) in [4.78, 5) is 24.2. The van der Waals surface area contributed by atoms with Gasteiger partial charge in [-0.25, -0.2) is 4.79 Å². The molecule has 5 heteroatoms. The molecular formula is C15H26N2O3. The van der Waals surface area contributed by atoms with Crippen molar-refractivity contribution in [2.24, 2.45) is 11.8 Å². The molecule has 0 aromatic heterocycles. The van der Waals surface area contributed by atoms with Crippen LogP contribution in [0, 0.1) is 11.8 Å². The van der Waals surface area contributed by atoms with Gasteiger partial charge in [0.15, 0.2) is 0 Å². The van der Waals surface area contributed by atoms with Gasteiger partial charge in [0.2, 0.25) is 0 Å². The van der Waals surface area contributed by atoms with Crippen LogP contribution in [0.5, 0.6) is 0 Å². The number of carboxylic acids is 1. The zero-order valence-electron chi connectivity index (χ0n) is 12.1. The van der Waals surface area contributed by atoms with Crippen molar-refractivity contribution >= 4 is 12.0 Å². The SMILES string of the molecule is O=C(O)CN(CC1CC1)C(=O)NCCCC1CCCC1. The van der Waals surface area contributed by atoms with E-state index in [0.29, 0.717) is 19.0 Å². The van der Waals surface area contributed by atoms with E-state index >= 15 is 0 Å². The third kappa shape index (κ3) is 5.39. The minimum Gasteiger partial charge on any atom is -0.480 e. The summed E-state index contributed by atoms with van der Waals surface area (Å²) in [6, 6.07) is -0.217. The van der Waals surface area contributed by atoms with E-state index in [1.54, 1.807) is 0 Å². The molecule has 2 saturated carbocycles. The molecule has 0 saturated heterocycles. The topological polar surface area (TPSA) is 69.6 Å². The van der Waals surface area contributed by atoms with E-state index in [-0.39, 0.29) is 12.6 Å². The first-order valence-electron chi connectivity index (χ1n) is 7.89. The van der Waals surface area contributed by atoms with Crippen LogP contribution in [0.1, 0.15) is 51.4 Å². The van der Waals surface area contributed by atoms with Crippen molar-refractivity contribution in [1.82, 2.24) is 10.2 Å². The summed E-state index contributed by atoms with van der Waals surface area (Å²) in [7, 11) is 0. The summed E-state index contributed by atoms with van der Waals surface area (Å²) < 4.78 is 0. The van der Waals surface area contributed by atoms with Gasteiger partial charge in [-0.3, -0.25) is 4.79 Å². The number of carbonyl (C=O) groups is 2. The fraction of sp³-hybridized carbons (Fsp3) is 0.867. The smallest absolute Gasteiger partial charge is 0.323 e. The van der Waals surface area contributed by atoms with Crippen LogP contribution in [0.2, 0.25) is 0 Å². The zero-order chi connectivity index (χ0) is 14.4. The van der Waals surface area contributed by atoms with Crippen molar-refractivity contribution in [2.75, 3.05) is 19.6 Å². The highest BCUT2D eigenvalue weighted by atomic mass is 16.4. The van der Waals surface area contributed by atoms with Crippen LogP contribution in [-0.4, -0.2) is 41.6 Å². The van der Waals surface area contributed by atoms with E-state index in [0.717, 1.165) is 25.2 Å². The molecule has 2 aliphatic carbocycles. The van der Waals surface area contributed by atoms with Gasteiger partial charge in [0, 0.05) is 13.1 Å². The number of carbonyl (C=O) groups excluding carboxylic acids is 1. The molecule has 20 heavy (non-hydrogen) atoms. The van der Waals surface area contributed by atoms with Crippen LogP contribution in [0.4, 0.5) is 4.79 Å². The monoisotopic (exact) mass is 282 g/mol. The lowest BCUT2D eigenvalue weighted by atomic mass is 10.0. The molecule has 0 heterocycles. The first kappa shape index (κ1) is 15.1. The van der Waals surface area contributed by atoms with E-state index in [1.807, 2.05) is 0 Å². The van der Waals surface area contributed by atoms with Crippen LogP contribution >= 0.6 is 0 Å². The summed E-state index contributed by atoms with van der Waals surface area (Å²) in [6.45, 7) is 1.06. The molecule has 0 unspecified atom stereocenters. The Morgan fingerprint density at radius 2 is 1.80 bits per heavy atom. The Morgan fingerprint density at radius 1 is 1.10 bits per heavy atom. The quantitative estimate of drug-likeness (QED) is 0.672. The zero-order valence-corrected chi connectivity index (χ0v) is 12.1. The summed E-state index contributed by atoms with van der Waals surface area (Å²) in [5, 5.41) is 11.7. The molecule has 0 aromatic carbocycles. The second-order valence-corrected chi connectivity index (χ2v) is 6.24. The first-order valence-corrected chi connectivity index (χ1v) is 7.89. The lowest BCUT2D eigenvalue weighted by molar-refractivity contribution is -0.137. The van der Waals surface area contributed by atoms with E-state index in [9.17, 15) is 9.59 Å². The number of rotatable bonds is 8. The van der Waals surface area contributed by atoms with E-state index in [2.05, 4.69) is 5.32 Å². The Balaban J connectivity index is 1.63. The van der Waals surface area contributed by atoms with Crippen molar-refractivity contribution in [2.45, 2.75) is 51.4 Å². The number of nitrogens with one attached hydrogen (secondary N) is 1. The summed E-state index contributed by atoms with van der Waals surface area (Å²) in [5.41, 5.74) is 0. The van der Waals surface area contributed by atoms with Gasteiger partial charge in [-0.1, -0.05) is 25.7 Å². The molecule has 0 bridgehead atoms. The Bertz CT molecular complexity index is 336. The Kier molecular flexibility index (Phi) is 5.68. The van der Waals surface area contributed by atoms with Gasteiger partial charge in [-0.2, -0.15) is 0 Å². The number of amides is 2. The highest BCUT2D eigenvalue weighted by molar-refractivity contribution is 5.80. The Labute approximate surface area is 120 Å². The molecule has 5 nitrogen and oxygen atoms in total. The van der Waals surface area contributed by atoms with E-state index < -0.39 is 5.97 Å². The maximum atomic E-state index is 12.0. The molecule has 2 fully saturated rings. The molecule has 2 N–H and O–H groups in total. The van der Waals surface area contributed by atoms with Gasteiger partial charge in [0.1, 0.15) is 6.54 Å². The average Bonchev–Trinajstić information content (AvgIpc) is 3.06. The molecule has 2 amide bonds. The molecule has 2 aliphatic rings. The summed E-state index contributed by atoms with van der Waals surface area (Å²) in [5.74, 6) is 0.416. The minimum atomic E-state index is -0.938. The maximum absolute atomic E-state index is 12.0. The van der Waals surface area contributed by atoms with Gasteiger partial charge in [-0.05, 0) is 37.5 Å². The van der Waals surface area contributed by atoms with Gasteiger partial charge >= 0.3 is 12.0 Å². The molecule has 0 aromatic rings. The second-order valence-electron chi connectivity index (χ2n) is 6.24.